The smallest absolute Gasteiger partial charge is 0.206 e. The first-order valence-electron chi connectivity index (χ1n) is 3.48. The van der Waals surface area contributed by atoms with Gasteiger partial charge in [-0.25, -0.2) is 4.99 Å². The van der Waals surface area contributed by atoms with E-state index in [1.54, 1.807) is 0 Å². The summed E-state index contributed by atoms with van der Waals surface area (Å²) in [6, 6.07) is 0.315. The van der Waals surface area contributed by atoms with Gasteiger partial charge in [0.25, 0.3) is 0 Å². The van der Waals surface area contributed by atoms with E-state index in [4.69, 9.17) is 4.74 Å². The third-order valence-electron chi connectivity index (χ3n) is 1.66. The number of hydrogen-bond acceptors (Lipinski definition) is 3. The molecule has 2 aliphatic heterocycles. The maximum atomic E-state index is 5.29. The second kappa shape index (κ2) is 2.42. The fourth-order valence-electron chi connectivity index (χ4n) is 1.15. The molecule has 2 rings (SSSR count). The standard InChI is InChI=1S/C7H9N2O/c1-2-6-7(9-3-1)10-5-4-8-6/h1,6,8H,2,4-5H2. The van der Waals surface area contributed by atoms with E-state index in [2.05, 4.69) is 16.5 Å². The highest BCUT2D eigenvalue weighted by molar-refractivity contribution is 5.83. The van der Waals surface area contributed by atoms with Crippen LogP contribution in [-0.2, 0) is 4.74 Å². The van der Waals surface area contributed by atoms with E-state index in [0.29, 0.717) is 6.04 Å². The van der Waals surface area contributed by atoms with E-state index in [9.17, 15) is 0 Å². The average Bonchev–Trinajstić information content (AvgIpc) is 2.05. The van der Waals surface area contributed by atoms with Crippen molar-refractivity contribution in [1.29, 1.82) is 0 Å². The van der Waals surface area contributed by atoms with Gasteiger partial charge >= 0.3 is 0 Å². The Morgan fingerprint density at radius 2 is 2.80 bits per heavy atom. The van der Waals surface area contributed by atoms with Crippen LogP contribution in [0, 0.1) is 6.20 Å². The lowest BCUT2D eigenvalue weighted by Crippen LogP contribution is -2.45. The molecule has 10 heavy (non-hydrogen) atoms. The van der Waals surface area contributed by atoms with E-state index in [1.807, 2.05) is 6.08 Å². The van der Waals surface area contributed by atoms with Crippen molar-refractivity contribution in [2.24, 2.45) is 4.99 Å². The van der Waals surface area contributed by atoms with Gasteiger partial charge in [0, 0.05) is 6.54 Å². The molecule has 0 aromatic carbocycles. The number of nitrogens with zero attached hydrogens (tertiary/aromatic N) is 1. The van der Waals surface area contributed by atoms with E-state index in [-0.39, 0.29) is 0 Å². The molecule has 0 aliphatic carbocycles. The van der Waals surface area contributed by atoms with Crippen LogP contribution in [0.25, 0.3) is 0 Å². The summed E-state index contributed by atoms with van der Waals surface area (Å²) in [5.74, 6) is 0.800. The maximum Gasteiger partial charge on any atom is 0.206 e. The van der Waals surface area contributed by atoms with E-state index < -0.39 is 0 Å². The van der Waals surface area contributed by atoms with E-state index in [0.717, 1.165) is 25.5 Å². The largest absolute Gasteiger partial charge is 0.478 e. The number of rotatable bonds is 0. The molecule has 0 amide bonds. The summed E-state index contributed by atoms with van der Waals surface area (Å²) in [6.45, 7) is 1.66. The Kier molecular flexibility index (Phi) is 1.43. The topological polar surface area (TPSA) is 33.6 Å². The van der Waals surface area contributed by atoms with Crippen LogP contribution < -0.4 is 5.32 Å². The fraction of sp³-hybridized carbons (Fsp3) is 0.571. The van der Waals surface area contributed by atoms with Crippen molar-refractivity contribution in [1.82, 2.24) is 5.32 Å². The molecule has 1 unspecified atom stereocenters. The maximum absolute atomic E-state index is 5.29. The van der Waals surface area contributed by atoms with Crippen molar-refractivity contribution in [2.75, 3.05) is 13.2 Å². The molecule has 1 fully saturated rings. The number of aliphatic imine (C=N–C) groups is 1. The minimum atomic E-state index is 0.315. The molecule has 3 nitrogen and oxygen atoms in total. The lowest BCUT2D eigenvalue weighted by atomic mass is 10.1. The summed E-state index contributed by atoms with van der Waals surface area (Å²) in [4.78, 5) is 3.98. The molecule has 1 radical (unpaired) electrons. The van der Waals surface area contributed by atoms with Crippen LogP contribution >= 0.6 is 0 Å². The molecule has 1 N–H and O–H groups in total. The second-order valence-electron chi connectivity index (χ2n) is 2.37. The summed E-state index contributed by atoms with van der Waals surface area (Å²) < 4.78 is 5.29. The Morgan fingerprint density at radius 3 is 3.70 bits per heavy atom. The predicted molar refractivity (Wildman–Crippen MR) is 37.6 cm³/mol. The lowest BCUT2D eigenvalue weighted by molar-refractivity contribution is 0.245. The van der Waals surface area contributed by atoms with Gasteiger partial charge in [-0.05, 0) is 6.42 Å². The first-order valence-corrected chi connectivity index (χ1v) is 3.48. The fourth-order valence-corrected chi connectivity index (χ4v) is 1.15. The van der Waals surface area contributed by atoms with Gasteiger partial charge in [0.05, 0.1) is 12.2 Å². The molecule has 3 heteroatoms. The lowest BCUT2D eigenvalue weighted by Gasteiger charge is -2.25. The van der Waals surface area contributed by atoms with Crippen LogP contribution in [-0.4, -0.2) is 25.1 Å². The van der Waals surface area contributed by atoms with Gasteiger partial charge in [0.15, 0.2) is 0 Å². The molecule has 0 spiro atoms. The van der Waals surface area contributed by atoms with Gasteiger partial charge in [-0.2, -0.15) is 0 Å². The molecular formula is C7H9N2O. The SMILES string of the molecule is [C]1=CCC2NCCOC2=N1. The van der Waals surface area contributed by atoms with Crippen molar-refractivity contribution in [3.05, 3.63) is 12.3 Å². The van der Waals surface area contributed by atoms with Crippen molar-refractivity contribution < 1.29 is 4.74 Å². The molecule has 0 aromatic rings. The minimum Gasteiger partial charge on any atom is -0.478 e. The Hall–Kier alpha value is -0.830. The highest BCUT2D eigenvalue weighted by Gasteiger charge is 2.21. The zero-order valence-electron chi connectivity index (χ0n) is 5.63. The first-order chi connectivity index (χ1) is 4.97. The molecule has 0 bridgehead atoms. The van der Waals surface area contributed by atoms with Crippen LogP contribution in [0.3, 0.4) is 0 Å². The number of nitrogens with one attached hydrogen (secondary N) is 1. The highest BCUT2D eigenvalue weighted by Crippen LogP contribution is 2.07. The van der Waals surface area contributed by atoms with Gasteiger partial charge in [-0.1, -0.05) is 6.08 Å². The number of morpholine rings is 1. The normalized spacial score (nSPS) is 30.4. The first kappa shape index (κ1) is 5.92. The Morgan fingerprint density at radius 1 is 1.80 bits per heavy atom. The van der Waals surface area contributed by atoms with Crippen molar-refractivity contribution in [2.45, 2.75) is 12.5 Å². The monoisotopic (exact) mass is 137 g/mol. The predicted octanol–water partition coefficient (Wildman–Crippen LogP) is 0.0939. The summed E-state index contributed by atoms with van der Waals surface area (Å²) >= 11 is 0. The summed E-state index contributed by atoms with van der Waals surface area (Å²) in [6.07, 6.45) is 5.67. The van der Waals surface area contributed by atoms with E-state index in [1.165, 1.54) is 0 Å². The van der Waals surface area contributed by atoms with Crippen molar-refractivity contribution in [3.8, 4) is 0 Å². The third-order valence-corrected chi connectivity index (χ3v) is 1.66. The molecule has 1 saturated heterocycles. The van der Waals surface area contributed by atoms with Crippen LogP contribution in [0.4, 0.5) is 0 Å². The number of hydrogen-bond donors (Lipinski definition) is 1. The highest BCUT2D eigenvalue weighted by atomic mass is 16.5. The van der Waals surface area contributed by atoms with Gasteiger partial charge in [0.1, 0.15) is 6.61 Å². The van der Waals surface area contributed by atoms with Crippen LogP contribution in [0.15, 0.2) is 11.1 Å². The summed E-state index contributed by atoms with van der Waals surface area (Å²) in [5.41, 5.74) is 0. The zero-order valence-corrected chi connectivity index (χ0v) is 5.63. The van der Waals surface area contributed by atoms with Crippen molar-refractivity contribution in [3.63, 3.8) is 0 Å². The van der Waals surface area contributed by atoms with Gasteiger partial charge in [-0.3, -0.25) is 0 Å². The summed E-state index contributed by atoms with van der Waals surface area (Å²) in [5, 5.41) is 3.29. The average molecular weight is 137 g/mol. The van der Waals surface area contributed by atoms with Crippen LogP contribution in [0.2, 0.25) is 0 Å². The zero-order chi connectivity index (χ0) is 6.81. The van der Waals surface area contributed by atoms with Gasteiger partial charge in [0.2, 0.25) is 5.90 Å². The molecule has 53 valence electrons. The number of ether oxygens (including phenoxy) is 1. The van der Waals surface area contributed by atoms with Gasteiger partial charge in [-0.15, -0.1) is 0 Å². The molecular weight excluding hydrogens is 128 g/mol. The Bertz CT molecular complexity index is 186. The van der Waals surface area contributed by atoms with E-state index >= 15 is 0 Å². The quantitative estimate of drug-likeness (QED) is 0.513. The van der Waals surface area contributed by atoms with Crippen molar-refractivity contribution >= 4 is 5.90 Å². The molecule has 0 saturated carbocycles. The molecule has 2 heterocycles. The Balaban J connectivity index is 2.14. The van der Waals surface area contributed by atoms with Gasteiger partial charge < -0.3 is 10.1 Å². The Labute approximate surface area is 59.8 Å². The minimum absolute atomic E-state index is 0.315. The molecule has 1 atom stereocenters. The van der Waals surface area contributed by atoms with Crippen LogP contribution in [0.1, 0.15) is 6.42 Å². The van der Waals surface area contributed by atoms with Crippen LogP contribution in [0.5, 0.6) is 0 Å². The molecule has 2 aliphatic rings. The number of fused-ring (bicyclic) bond motifs is 1. The summed E-state index contributed by atoms with van der Waals surface area (Å²) in [7, 11) is 0. The molecule has 0 aromatic heterocycles. The second-order valence-corrected chi connectivity index (χ2v) is 2.37. The third kappa shape index (κ3) is 0.926.